The summed E-state index contributed by atoms with van der Waals surface area (Å²) in [5.74, 6) is -0.325. The zero-order valence-corrected chi connectivity index (χ0v) is 13.1. The van der Waals surface area contributed by atoms with Gasteiger partial charge in [0.15, 0.2) is 5.60 Å². The lowest BCUT2D eigenvalue weighted by Crippen LogP contribution is -2.47. The number of hydrogen-bond acceptors (Lipinski definition) is 5. The average molecular weight is 304 g/mol. The first-order chi connectivity index (χ1) is 10.3. The molecule has 2 aliphatic heterocycles. The van der Waals surface area contributed by atoms with Gasteiger partial charge in [0.25, 0.3) is 0 Å². The Balaban J connectivity index is 1.73. The Morgan fingerprint density at radius 3 is 2.68 bits per heavy atom. The molecule has 22 heavy (non-hydrogen) atoms. The average Bonchev–Trinajstić information content (AvgIpc) is 2.71. The maximum atomic E-state index is 12.1. The Kier molecular flexibility index (Phi) is 3.34. The highest BCUT2D eigenvalue weighted by atomic mass is 16.6. The van der Waals surface area contributed by atoms with Crippen LogP contribution in [0.4, 0.5) is 4.79 Å². The van der Waals surface area contributed by atoms with Crippen molar-refractivity contribution in [3.8, 4) is 0 Å². The number of aromatic nitrogens is 1. The van der Waals surface area contributed by atoms with E-state index in [2.05, 4.69) is 4.98 Å². The number of nitrogens with zero attached hydrogens (tertiary/aromatic N) is 2. The minimum absolute atomic E-state index is 0.325. The monoisotopic (exact) mass is 304 g/mol. The summed E-state index contributed by atoms with van der Waals surface area (Å²) in [6.45, 7) is 6.50. The molecule has 1 aromatic heterocycles. The number of likely N-dealkylation sites (tertiary alicyclic amines) is 1. The summed E-state index contributed by atoms with van der Waals surface area (Å²) < 4.78 is 11.0. The SMILES string of the molecule is CC(C)(C)OC(=O)N1CCC2(CC1)OC(=O)c1cccnc12. The largest absolute Gasteiger partial charge is 0.449 e. The maximum Gasteiger partial charge on any atom is 0.410 e. The van der Waals surface area contributed by atoms with Crippen LogP contribution in [0, 0.1) is 0 Å². The van der Waals surface area contributed by atoms with E-state index in [1.165, 1.54) is 0 Å². The minimum atomic E-state index is -0.688. The number of carbonyl (C=O) groups is 2. The highest BCUT2D eigenvalue weighted by Crippen LogP contribution is 2.42. The number of rotatable bonds is 0. The standard InChI is InChI=1S/C16H20N2O4/c1-15(2,3)22-14(20)18-9-6-16(7-10-18)12-11(13(19)21-16)5-4-8-17-12/h4-5,8H,6-7,9-10H2,1-3H3. The summed E-state index contributed by atoms with van der Waals surface area (Å²) in [4.78, 5) is 30.1. The van der Waals surface area contributed by atoms with Crippen LogP contribution in [-0.4, -0.2) is 40.6 Å². The van der Waals surface area contributed by atoms with Crippen molar-refractivity contribution in [2.45, 2.75) is 44.8 Å². The van der Waals surface area contributed by atoms with Crippen molar-refractivity contribution in [3.63, 3.8) is 0 Å². The smallest absolute Gasteiger partial charge is 0.410 e. The van der Waals surface area contributed by atoms with Gasteiger partial charge in [-0.15, -0.1) is 0 Å². The van der Waals surface area contributed by atoms with Crippen LogP contribution in [0.5, 0.6) is 0 Å². The molecular formula is C16H20N2O4. The van der Waals surface area contributed by atoms with Crippen molar-refractivity contribution in [3.05, 3.63) is 29.6 Å². The van der Waals surface area contributed by atoms with Crippen molar-refractivity contribution in [2.75, 3.05) is 13.1 Å². The molecule has 1 saturated heterocycles. The summed E-state index contributed by atoms with van der Waals surface area (Å²) in [7, 11) is 0. The molecule has 0 unspecified atom stereocenters. The molecule has 3 heterocycles. The summed E-state index contributed by atoms with van der Waals surface area (Å²) >= 11 is 0. The third kappa shape index (κ3) is 2.53. The third-order valence-corrected chi connectivity index (χ3v) is 3.97. The molecule has 1 amide bonds. The number of ether oxygens (including phenoxy) is 2. The van der Waals surface area contributed by atoms with Crippen molar-refractivity contribution < 1.29 is 19.1 Å². The molecule has 1 spiro atoms. The van der Waals surface area contributed by atoms with E-state index < -0.39 is 11.2 Å². The number of hydrogen-bond donors (Lipinski definition) is 0. The summed E-state index contributed by atoms with van der Waals surface area (Å²) in [6, 6.07) is 3.47. The fraction of sp³-hybridized carbons (Fsp3) is 0.562. The number of amides is 1. The van der Waals surface area contributed by atoms with Crippen LogP contribution < -0.4 is 0 Å². The van der Waals surface area contributed by atoms with Gasteiger partial charge in [0.2, 0.25) is 0 Å². The van der Waals surface area contributed by atoms with Gasteiger partial charge in [0.05, 0.1) is 11.3 Å². The molecule has 0 bridgehead atoms. The number of pyridine rings is 1. The van der Waals surface area contributed by atoms with E-state index in [9.17, 15) is 9.59 Å². The molecule has 0 aromatic carbocycles. The fourth-order valence-corrected chi connectivity index (χ4v) is 2.93. The number of fused-ring (bicyclic) bond motifs is 2. The predicted molar refractivity (Wildman–Crippen MR) is 78.4 cm³/mol. The van der Waals surface area contributed by atoms with Crippen LogP contribution >= 0.6 is 0 Å². The number of piperidine rings is 1. The van der Waals surface area contributed by atoms with Gasteiger partial charge < -0.3 is 14.4 Å². The van der Waals surface area contributed by atoms with Gasteiger partial charge in [-0.1, -0.05) is 0 Å². The molecule has 0 saturated carbocycles. The Morgan fingerprint density at radius 2 is 2.05 bits per heavy atom. The van der Waals surface area contributed by atoms with Crippen molar-refractivity contribution in [1.82, 2.24) is 9.88 Å². The third-order valence-electron chi connectivity index (χ3n) is 3.97. The van der Waals surface area contributed by atoms with Crippen LogP contribution in [0.2, 0.25) is 0 Å². The molecule has 2 aliphatic rings. The molecular weight excluding hydrogens is 284 g/mol. The molecule has 0 atom stereocenters. The van der Waals surface area contributed by atoms with Crippen molar-refractivity contribution >= 4 is 12.1 Å². The molecule has 118 valence electrons. The van der Waals surface area contributed by atoms with Gasteiger partial charge in [0, 0.05) is 32.1 Å². The zero-order chi connectivity index (χ0) is 16.0. The van der Waals surface area contributed by atoms with E-state index in [0.717, 1.165) is 0 Å². The predicted octanol–water partition coefficient (Wildman–Crippen LogP) is 2.48. The second kappa shape index (κ2) is 4.97. The van der Waals surface area contributed by atoms with Gasteiger partial charge in [0.1, 0.15) is 5.60 Å². The molecule has 6 nitrogen and oxygen atoms in total. The summed E-state index contributed by atoms with van der Waals surface area (Å²) in [6.07, 6.45) is 2.43. The summed E-state index contributed by atoms with van der Waals surface area (Å²) in [5, 5.41) is 0. The number of esters is 1. The number of carbonyl (C=O) groups excluding carboxylic acids is 2. The summed E-state index contributed by atoms with van der Waals surface area (Å²) in [5.41, 5.74) is 0.0314. The van der Waals surface area contributed by atoms with Crippen LogP contribution in [0.3, 0.4) is 0 Å². The van der Waals surface area contributed by atoms with E-state index in [4.69, 9.17) is 9.47 Å². The van der Waals surface area contributed by atoms with Crippen LogP contribution in [0.1, 0.15) is 49.7 Å². The molecule has 6 heteroatoms. The first kappa shape index (κ1) is 14.8. The first-order valence-electron chi connectivity index (χ1n) is 7.48. The normalized spacial score (nSPS) is 19.8. The highest BCUT2D eigenvalue weighted by molar-refractivity contribution is 5.94. The van der Waals surface area contributed by atoms with E-state index in [1.807, 2.05) is 20.8 Å². The maximum absolute atomic E-state index is 12.1. The first-order valence-corrected chi connectivity index (χ1v) is 7.48. The second-order valence-electron chi connectivity index (χ2n) is 6.75. The molecule has 0 aliphatic carbocycles. The molecule has 3 rings (SSSR count). The lowest BCUT2D eigenvalue weighted by Gasteiger charge is -2.38. The topological polar surface area (TPSA) is 68.7 Å². The van der Waals surface area contributed by atoms with Gasteiger partial charge in [-0.2, -0.15) is 0 Å². The van der Waals surface area contributed by atoms with Gasteiger partial charge in [-0.05, 0) is 32.9 Å². The Morgan fingerprint density at radius 1 is 1.36 bits per heavy atom. The lowest BCUT2D eigenvalue weighted by atomic mass is 9.87. The van der Waals surface area contributed by atoms with E-state index >= 15 is 0 Å². The second-order valence-corrected chi connectivity index (χ2v) is 6.75. The van der Waals surface area contributed by atoms with E-state index in [0.29, 0.717) is 37.2 Å². The van der Waals surface area contributed by atoms with Gasteiger partial charge in [-0.3, -0.25) is 4.98 Å². The Labute approximate surface area is 129 Å². The molecule has 1 aromatic rings. The molecule has 1 fully saturated rings. The van der Waals surface area contributed by atoms with Gasteiger partial charge in [-0.25, -0.2) is 9.59 Å². The van der Waals surface area contributed by atoms with Crippen LogP contribution in [0.25, 0.3) is 0 Å². The van der Waals surface area contributed by atoms with E-state index in [1.54, 1.807) is 23.2 Å². The van der Waals surface area contributed by atoms with E-state index in [-0.39, 0.29) is 12.1 Å². The van der Waals surface area contributed by atoms with Crippen molar-refractivity contribution in [1.29, 1.82) is 0 Å². The van der Waals surface area contributed by atoms with Crippen LogP contribution in [-0.2, 0) is 15.1 Å². The highest BCUT2D eigenvalue weighted by Gasteiger charge is 2.49. The zero-order valence-electron chi connectivity index (χ0n) is 13.1. The van der Waals surface area contributed by atoms with Crippen molar-refractivity contribution in [2.24, 2.45) is 0 Å². The van der Waals surface area contributed by atoms with Crippen LogP contribution in [0.15, 0.2) is 18.3 Å². The Hall–Kier alpha value is -2.11. The lowest BCUT2D eigenvalue weighted by molar-refractivity contribution is -0.0487. The van der Waals surface area contributed by atoms with Gasteiger partial charge >= 0.3 is 12.1 Å². The molecule has 0 N–H and O–H groups in total. The quantitative estimate of drug-likeness (QED) is 0.689. The fourth-order valence-electron chi connectivity index (χ4n) is 2.93. The molecule has 0 radical (unpaired) electrons. The minimum Gasteiger partial charge on any atom is -0.449 e. The Bertz CT molecular complexity index is 613.